The highest BCUT2D eigenvalue weighted by Crippen LogP contribution is 2.27. The van der Waals surface area contributed by atoms with Crippen molar-refractivity contribution in [1.29, 1.82) is 0 Å². The van der Waals surface area contributed by atoms with Crippen LogP contribution in [0.3, 0.4) is 0 Å². The zero-order valence-electron chi connectivity index (χ0n) is 18.9. The number of rotatable bonds is 6. The van der Waals surface area contributed by atoms with E-state index in [1.807, 2.05) is 51.2 Å². The Morgan fingerprint density at radius 1 is 0.906 bits per heavy atom. The fourth-order valence-corrected chi connectivity index (χ4v) is 3.97. The Kier molecular flexibility index (Phi) is 6.31. The van der Waals surface area contributed by atoms with Gasteiger partial charge >= 0.3 is 6.09 Å². The number of hydrogen-bond acceptors (Lipinski definition) is 2. The Hall–Kier alpha value is -3.53. The third-order valence-corrected chi connectivity index (χ3v) is 5.39. The molecule has 4 heteroatoms. The Balaban J connectivity index is 1.61. The summed E-state index contributed by atoms with van der Waals surface area (Å²) in [5, 5.41) is 4.27. The van der Waals surface area contributed by atoms with Gasteiger partial charge in [0.1, 0.15) is 5.60 Å². The van der Waals surface area contributed by atoms with Crippen molar-refractivity contribution in [1.82, 2.24) is 10.3 Å². The van der Waals surface area contributed by atoms with Crippen molar-refractivity contribution in [2.45, 2.75) is 45.3 Å². The molecule has 1 aromatic heterocycles. The molecule has 3 aromatic carbocycles. The first-order valence-corrected chi connectivity index (χ1v) is 11.1. The molecule has 0 radical (unpaired) electrons. The third-order valence-electron chi connectivity index (χ3n) is 5.39. The fraction of sp³-hybridized carbons (Fsp3) is 0.250. The van der Waals surface area contributed by atoms with E-state index in [1.54, 1.807) is 0 Å². The number of aromatic amines is 1. The molecule has 1 heterocycles. The molecule has 2 N–H and O–H groups in total. The first kappa shape index (κ1) is 21.7. The van der Waals surface area contributed by atoms with E-state index in [-0.39, 0.29) is 12.1 Å². The number of fused-ring (bicyclic) bond motifs is 1. The highest BCUT2D eigenvalue weighted by Gasteiger charge is 2.21. The van der Waals surface area contributed by atoms with Crippen LogP contribution < -0.4 is 5.32 Å². The molecule has 1 unspecified atom stereocenters. The number of ether oxygens (including phenoxy) is 1. The smallest absolute Gasteiger partial charge is 0.407 e. The lowest BCUT2D eigenvalue weighted by Gasteiger charge is -2.24. The maximum atomic E-state index is 12.5. The average molecular weight is 427 g/mol. The van der Waals surface area contributed by atoms with Crippen LogP contribution in [0.25, 0.3) is 22.0 Å². The molecule has 4 aromatic rings. The van der Waals surface area contributed by atoms with E-state index >= 15 is 0 Å². The minimum absolute atomic E-state index is 0.0911. The van der Waals surface area contributed by atoms with Gasteiger partial charge < -0.3 is 15.0 Å². The summed E-state index contributed by atoms with van der Waals surface area (Å²) in [7, 11) is 0. The van der Waals surface area contributed by atoms with Crippen molar-refractivity contribution in [3.8, 4) is 11.1 Å². The summed E-state index contributed by atoms with van der Waals surface area (Å²) < 4.78 is 5.53. The summed E-state index contributed by atoms with van der Waals surface area (Å²) in [5.41, 5.74) is 5.28. The standard InChI is InChI=1S/C28H30N2O2/c1-28(2,3)32-27(31)30-24(16-20-10-6-4-7-11-20)17-23-19-29-26-15-14-22(18-25(23)26)21-12-8-5-9-13-21/h4-15,18-19,24,29H,16-17H2,1-3H3,(H,30,31). The van der Waals surface area contributed by atoms with Crippen LogP contribution in [0.5, 0.6) is 0 Å². The molecule has 32 heavy (non-hydrogen) atoms. The lowest BCUT2D eigenvalue weighted by molar-refractivity contribution is 0.0504. The second kappa shape index (κ2) is 9.31. The number of carbonyl (C=O) groups excluding carboxylic acids is 1. The molecule has 1 amide bonds. The molecular weight excluding hydrogens is 396 g/mol. The number of nitrogens with one attached hydrogen (secondary N) is 2. The van der Waals surface area contributed by atoms with Crippen molar-refractivity contribution >= 4 is 17.0 Å². The zero-order valence-corrected chi connectivity index (χ0v) is 18.9. The van der Waals surface area contributed by atoms with Gasteiger partial charge in [0.2, 0.25) is 0 Å². The Bertz CT molecular complexity index is 1170. The lowest BCUT2D eigenvalue weighted by Crippen LogP contribution is -2.41. The number of carbonyl (C=O) groups is 1. The van der Waals surface area contributed by atoms with Crippen LogP contribution >= 0.6 is 0 Å². The van der Waals surface area contributed by atoms with Gasteiger partial charge in [-0.25, -0.2) is 4.79 Å². The predicted octanol–water partition coefficient (Wildman–Crippen LogP) is 6.51. The largest absolute Gasteiger partial charge is 0.444 e. The van der Waals surface area contributed by atoms with Gasteiger partial charge in [-0.1, -0.05) is 66.7 Å². The Morgan fingerprint density at radius 2 is 1.59 bits per heavy atom. The Labute approximate surface area is 189 Å². The summed E-state index contributed by atoms with van der Waals surface area (Å²) in [6, 6.07) is 27.0. The molecular formula is C28H30N2O2. The van der Waals surface area contributed by atoms with Crippen LogP contribution in [0.2, 0.25) is 0 Å². The van der Waals surface area contributed by atoms with Gasteiger partial charge in [0.15, 0.2) is 0 Å². The summed E-state index contributed by atoms with van der Waals surface area (Å²) in [6.07, 6.45) is 3.09. The third kappa shape index (κ3) is 5.58. The van der Waals surface area contributed by atoms with Crippen molar-refractivity contribution in [2.24, 2.45) is 0 Å². The molecule has 0 saturated heterocycles. The average Bonchev–Trinajstić information content (AvgIpc) is 3.15. The van der Waals surface area contributed by atoms with Crippen molar-refractivity contribution in [2.75, 3.05) is 0 Å². The van der Waals surface area contributed by atoms with E-state index in [9.17, 15) is 4.79 Å². The molecule has 0 spiro atoms. The van der Waals surface area contributed by atoms with Gasteiger partial charge in [-0.15, -0.1) is 0 Å². The molecule has 4 nitrogen and oxygen atoms in total. The van der Waals surface area contributed by atoms with Crippen LogP contribution in [-0.2, 0) is 17.6 Å². The van der Waals surface area contributed by atoms with Gasteiger partial charge in [0.05, 0.1) is 0 Å². The normalized spacial score (nSPS) is 12.5. The van der Waals surface area contributed by atoms with E-state index in [2.05, 4.69) is 64.9 Å². The first-order chi connectivity index (χ1) is 15.4. The molecule has 1 atom stereocenters. The monoisotopic (exact) mass is 426 g/mol. The highest BCUT2D eigenvalue weighted by molar-refractivity contribution is 5.88. The molecule has 0 saturated carbocycles. The van der Waals surface area contributed by atoms with E-state index in [4.69, 9.17) is 4.74 Å². The fourth-order valence-electron chi connectivity index (χ4n) is 3.97. The van der Waals surface area contributed by atoms with Crippen LogP contribution in [0, 0.1) is 0 Å². The zero-order chi connectivity index (χ0) is 22.6. The van der Waals surface area contributed by atoms with Crippen LogP contribution in [0.4, 0.5) is 4.79 Å². The summed E-state index contributed by atoms with van der Waals surface area (Å²) in [5.74, 6) is 0. The molecule has 0 aliphatic rings. The molecule has 0 aliphatic carbocycles. The second-order valence-corrected chi connectivity index (χ2v) is 9.18. The Morgan fingerprint density at radius 3 is 2.28 bits per heavy atom. The minimum atomic E-state index is -0.535. The van der Waals surface area contributed by atoms with Gasteiger partial charge in [-0.05, 0) is 68.0 Å². The van der Waals surface area contributed by atoms with Crippen molar-refractivity contribution < 1.29 is 9.53 Å². The van der Waals surface area contributed by atoms with E-state index < -0.39 is 5.60 Å². The van der Waals surface area contributed by atoms with Gasteiger partial charge in [0.25, 0.3) is 0 Å². The highest BCUT2D eigenvalue weighted by atomic mass is 16.6. The van der Waals surface area contributed by atoms with Crippen molar-refractivity contribution in [3.63, 3.8) is 0 Å². The molecule has 0 fully saturated rings. The maximum Gasteiger partial charge on any atom is 0.407 e. The second-order valence-electron chi connectivity index (χ2n) is 9.18. The molecule has 0 bridgehead atoms. The van der Waals surface area contributed by atoms with Crippen LogP contribution in [0.15, 0.2) is 85.1 Å². The van der Waals surface area contributed by atoms with Crippen LogP contribution in [0.1, 0.15) is 31.9 Å². The molecule has 164 valence electrons. The summed E-state index contributed by atoms with van der Waals surface area (Å²) >= 11 is 0. The van der Waals surface area contributed by atoms with E-state index in [0.29, 0.717) is 6.42 Å². The number of alkyl carbamates (subject to hydrolysis) is 1. The minimum Gasteiger partial charge on any atom is -0.444 e. The van der Waals surface area contributed by atoms with Gasteiger partial charge in [-0.3, -0.25) is 0 Å². The molecule has 0 aliphatic heterocycles. The lowest BCUT2D eigenvalue weighted by atomic mass is 9.97. The summed E-state index contributed by atoms with van der Waals surface area (Å²) in [6.45, 7) is 5.64. The van der Waals surface area contributed by atoms with E-state index in [1.165, 1.54) is 27.6 Å². The van der Waals surface area contributed by atoms with E-state index in [0.717, 1.165) is 11.9 Å². The molecule has 4 rings (SSSR count). The number of H-pyrrole nitrogens is 1. The number of aromatic nitrogens is 1. The van der Waals surface area contributed by atoms with Gasteiger partial charge in [-0.2, -0.15) is 0 Å². The quantitative estimate of drug-likeness (QED) is 0.369. The summed E-state index contributed by atoms with van der Waals surface area (Å²) in [4.78, 5) is 15.9. The van der Waals surface area contributed by atoms with Crippen LogP contribution in [-0.4, -0.2) is 22.7 Å². The van der Waals surface area contributed by atoms with Gasteiger partial charge in [0, 0.05) is 23.1 Å². The predicted molar refractivity (Wildman–Crippen MR) is 131 cm³/mol. The SMILES string of the molecule is CC(C)(C)OC(=O)NC(Cc1ccccc1)Cc1c[nH]c2ccc(-c3ccccc3)cc12. The first-order valence-electron chi connectivity index (χ1n) is 11.1. The number of hydrogen-bond donors (Lipinski definition) is 2. The topological polar surface area (TPSA) is 54.1 Å². The van der Waals surface area contributed by atoms with Crippen molar-refractivity contribution in [3.05, 3.63) is 96.2 Å². The number of amides is 1. The number of benzene rings is 3. The maximum absolute atomic E-state index is 12.5.